The second kappa shape index (κ2) is 8.04. The van der Waals surface area contributed by atoms with Gasteiger partial charge < -0.3 is 4.98 Å². The van der Waals surface area contributed by atoms with Gasteiger partial charge in [-0.15, -0.1) is 0 Å². The summed E-state index contributed by atoms with van der Waals surface area (Å²) in [6.07, 6.45) is 5.86. The molecule has 2 atom stereocenters. The van der Waals surface area contributed by atoms with Crippen molar-refractivity contribution in [3.8, 4) is 33.6 Å². The Hall–Kier alpha value is -2.98. The SMILES string of the molecule is CCCC1CS(=O)c2ccc(-c3cc(-c4ccncc4)c(-c4ccccc4)[nH]3)cc21. The van der Waals surface area contributed by atoms with Crippen LogP contribution in [0.5, 0.6) is 0 Å². The standard InChI is InChI=1S/C26H24N2OS/c1-2-6-21-17-30(29)25-10-9-20(15-22(21)25)24-16-23(18-11-13-27-14-12-18)26(28-24)19-7-4-3-5-8-19/h3-5,7-16,21,28H,2,6,17H2,1H3. The van der Waals surface area contributed by atoms with Crippen molar-refractivity contribution in [2.75, 3.05) is 5.75 Å². The molecule has 3 nitrogen and oxygen atoms in total. The molecular weight excluding hydrogens is 388 g/mol. The molecule has 2 unspecified atom stereocenters. The first kappa shape index (κ1) is 19.0. The Bertz CT molecular complexity index is 1140. The molecule has 0 saturated carbocycles. The molecule has 0 fully saturated rings. The van der Waals surface area contributed by atoms with Gasteiger partial charge in [-0.2, -0.15) is 0 Å². The van der Waals surface area contributed by atoms with E-state index in [0.29, 0.717) is 5.92 Å². The summed E-state index contributed by atoms with van der Waals surface area (Å²) in [6.45, 7) is 2.20. The Morgan fingerprint density at radius 2 is 1.77 bits per heavy atom. The largest absolute Gasteiger partial charge is 0.354 e. The fraction of sp³-hybridized carbons (Fsp3) is 0.192. The first-order chi connectivity index (χ1) is 14.7. The molecule has 5 rings (SSSR count). The van der Waals surface area contributed by atoms with Crippen molar-refractivity contribution in [2.24, 2.45) is 0 Å². The summed E-state index contributed by atoms with van der Waals surface area (Å²) in [6, 6.07) is 23.1. The lowest BCUT2D eigenvalue weighted by atomic mass is 9.94. The zero-order valence-corrected chi connectivity index (χ0v) is 17.8. The Labute approximate surface area is 179 Å². The van der Waals surface area contributed by atoms with Crippen molar-refractivity contribution in [2.45, 2.75) is 30.6 Å². The topological polar surface area (TPSA) is 45.8 Å². The van der Waals surface area contributed by atoms with Crippen molar-refractivity contribution in [1.29, 1.82) is 0 Å². The number of fused-ring (bicyclic) bond motifs is 1. The van der Waals surface area contributed by atoms with Crippen LogP contribution in [0.4, 0.5) is 0 Å². The van der Waals surface area contributed by atoms with Crippen LogP contribution in [0.15, 0.2) is 84.0 Å². The summed E-state index contributed by atoms with van der Waals surface area (Å²) in [5, 5.41) is 0. The number of H-pyrrole nitrogens is 1. The molecule has 4 heteroatoms. The average molecular weight is 413 g/mol. The fourth-order valence-electron chi connectivity index (χ4n) is 4.39. The van der Waals surface area contributed by atoms with Gasteiger partial charge in [-0.3, -0.25) is 9.19 Å². The minimum atomic E-state index is -0.870. The van der Waals surface area contributed by atoms with Gasteiger partial charge in [0, 0.05) is 34.3 Å². The maximum atomic E-state index is 12.5. The zero-order chi connectivity index (χ0) is 20.5. The van der Waals surface area contributed by atoms with Crippen LogP contribution in [-0.2, 0) is 10.8 Å². The quantitative estimate of drug-likeness (QED) is 0.411. The van der Waals surface area contributed by atoms with Gasteiger partial charge in [0.15, 0.2) is 0 Å². The van der Waals surface area contributed by atoms with Crippen molar-refractivity contribution < 1.29 is 4.21 Å². The van der Waals surface area contributed by atoms with E-state index in [2.05, 4.69) is 65.4 Å². The van der Waals surface area contributed by atoms with Crippen LogP contribution < -0.4 is 0 Å². The maximum Gasteiger partial charge on any atom is 0.0538 e. The van der Waals surface area contributed by atoms with Crippen molar-refractivity contribution >= 4 is 10.8 Å². The molecule has 30 heavy (non-hydrogen) atoms. The highest BCUT2D eigenvalue weighted by Gasteiger charge is 2.28. The van der Waals surface area contributed by atoms with Gasteiger partial charge in [0.05, 0.1) is 16.5 Å². The zero-order valence-electron chi connectivity index (χ0n) is 17.0. The van der Waals surface area contributed by atoms with E-state index < -0.39 is 10.8 Å². The highest BCUT2D eigenvalue weighted by molar-refractivity contribution is 7.85. The summed E-state index contributed by atoms with van der Waals surface area (Å²) in [5.41, 5.74) is 8.04. The predicted octanol–water partition coefficient (Wildman–Crippen LogP) is 6.42. The van der Waals surface area contributed by atoms with Crippen LogP contribution in [0.3, 0.4) is 0 Å². The molecule has 0 bridgehead atoms. The summed E-state index contributed by atoms with van der Waals surface area (Å²) in [5.74, 6) is 1.16. The van der Waals surface area contributed by atoms with E-state index >= 15 is 0 Å². The lowest BCUT2D eigenvalue weighted by molar-refractivity contribution is 0.661. The number of hydrogen-bond acceptors (Lipinski definition) is 2. The fourth-order valence-corrected chi connectivity index (χ4v) is 5.99. The summed E-state index contributed by atoms with van der Waals surface area (Å²) >= 11 is 0. The first-order valence-corrected chi connectivity index (χ1v) is 11.8. The highest BCUT2D eigenvalue weighted by Crippen LogP contribution is 2.40. The molecule has 0 aliphatic carbocycles. The number of aromatic nitrogens is 2. The van der Waals surface area contributed by atoms with Gasteiger partial charge in [-0.05, 0) is 64.9 Å². The molecule has 2 aromatic heterocycles. The van der Waals surface area contributed by atoms with E-state index in [1.165, 1.54) is 5.56 Å². The minimum Gasteiger partial charge on any atom is -0.354 e. The van der Waals surface area contributed by atoms with Crippen molar-refractivity contribution in [1.82, 2.24) is 9.97 Å². The van der Waals surface area contributed by atoms with E-state index in [-0.39, 0.29) is 0 Å². The Balaban J connectivity index is 1.64. The first-order valence-electron chi connectivity index (χ1n) is 10.5. The van der Waals surface area contributed by atoms with Crippen LogP contribution in [0.2, 0.25) is 0 Å². The molecule has 150 valence electrons. The molecular formula is C26H24N2OS. The molecule has 1 N–H and O–H groups in total. The Kier molecular flexibility index (Phi) is 5.09. The number of aromatic amines is 1. The lowest BCUT2D eigenvalue weighted by Gasteiger charge is -2.10. The van der Waals surface area contributed by atoms with Crippen LogP contribution in [-0.4, -0.2) is 19.9 Å². The van der Waals surface area contributed by atoms with Gasteiger partial charge in [0.1, 0.15) is 0 Å². The van der Waals surface area contributed by atoms with E-state index in [1.54, 1.807) is 0 Å². The van der Waals surface area contributed by atoms with Crippen molar-refractivity contribution in [3.63, 3.8) is 0 Å². The van der Waals surface area contributed by atoms with E-state index in [0.717, 1.165) is 57.1 Å². The summed E-state index contributed by atoms with van der Waals surface area (Å²) in [4.78, 5) is 8.85. The Morgan fingerprint density at radius 3 is 2.53 bits per heavy atom. The molecule has 1 aliphatic heterocycles. The Morgan fingerprint density at radius 1 is 0.967 bits per heavy atom. The van der Waals surface area contributed by atoms with Gasteiger partial charge in [-0.1, -0.05) is 49.7 Å². The number of nitrogens with zero attached hydrogens (tertiary/aromatic N) is 1. The monoisotopic (exact) mass is 412 g/mol. The molecule has 0 radical (unpaired) electrons. The second-order valence-electron chi connectivity index (χ2n) is 7.82. The smallest absolute Gasteiger partial charge is 0.0538 e. The molecule has 3 heterocycles. The van der Waals surface area contributed by atoms with E-state index in [1.807, 2.05) is 30.6 Å². The van der Waals surface area contributed by atoms with Gasteiger partial charge in [0.25, 0.3) is 0 Å². The van der Waals surface area contributed by atoms with Crippen LogP contribution in [0, 0.1) is 0 Å². The molecule has 0 saturated heterocycles. The number of pyridine rings is 1. The predicted molar refractivity (Wildman–Crippen MR) is 124 cm³/mol. The number of hydrogen-bond donors (Lipinski definition) is 1. The lowest BCUT2D eigenvalue weighted by Crippen LogP contribution is -1.98. The highest BCUT2D eigenvalue weighted by atomic mass is 32.2. The van der Waals surface area contributed by atoms with Crippen LogP contribution in [0.25, 0.3) is 33.6 Å². The number of benzene rings is 2. The van der Waals surface area contributed by atoms with Gasteiger partial charge in [-0.25, -0.2) is 0 Å². The van der Waals surface area contributed by atoms with E-state index in [9.17, 15) is 4.21 Å². The third-order valence-electron chi connectivity index (χ3n) is 5.87. The number of rotatable bonds is 5. The third-order valence-corrected chi connectivity index (χ3v) is 7.43. The second-order valence-corrected chi connectivity index (χ2v) is 9.29. The molecule has 2 aromatic carbocycles. The maximum absolute atomic E-state index is 12.5. The van der Waals surface area contributed by atoms with Gasteiger partial charge >= 0.3 is 0 Å². The molecule has 1 aliphatic rings. The normalized spacial score (nSPS) is 17.8. The van der Waals surface area contributed by atoms with Crippen molar-refractivity contribution in [3.05, 3.63) is 84.7 Å². The van der Waals surface area contributed by atoms with Crippen LogP contribution in [0.1, 0.15) is 31.2 Å². The average Bonchev–Trinajstić information content (AvgIpc) is 3.37. The molecule has 4 aromatic rings. The third kappa shape index (κ3) is 3.41. The summed E-state index contributed by atoms with van der Waals surface area (Å²) in [7, 11) is -0.870. The van der Waals surface area contributed by atoms with E-state index in [4.69, 9.17) is 0 Å². The van der Waals surface area contributed by atoms with Gasteiger partial charge in [0.2, 0.25) is 0 Å². The summed E-state index contributed by atoms with van der Waals surface area (Å²) < 4.78 is 12.5. The molecule has 0 spiro atoms. The van der Waals surface area contributed by atoms with Crippen LogP contribution >= 0.6 is 0 Å². The molecule has 0 amide bonds. The minimum absolute atomic E-state index is 0.397. The number of nitrogens with one attached hydrogen (secondary N) is 1.